The molecule has 2 N–H and O–H groups in total. The Morgan fingerprint density at radius 1 is 1.03 bits per heavy atom. The lowest BCUT2D eigenvalue weighted by Gasteiger charge is -2.17. The van der Waals surface area contributed by atoms with Gasteiger partial charge in [0.15, 0.2) is 0 Å². The average Bonchev–Trinajstić information content (AvgIpc) is 3.16. The lowest BCUT2D eigenvalue weighted by molar-refractivity contribution is 0.546. The van der Waals surface area contributed by atoms with E-state index in [2.05, 4.69) is 14.9 Å². The number of sulfonamides is 1. The minimum atomic E-state index is -3.62. The van der Waals surface area contributed by atoms with Gasteiger partial charge in [0.05, 0.1) is 16.1 Å². The van der Waals surface area contributed by atoms with Crippen LogP contribution < -0.4 is 4.72 Å². The lowest BCUT2D eigenvalue weighted by atomic mass is 10.0. The molecule has 1 atom stereocenters. The fourth-order valence-electron chi connectivity index (χ4n) is 4.48. The third-order valence-electron chi connectivity index (χ3n) is 5.88. The van der Waals surface area contributed by atoms with Crippen molar-refractivity contribution in [2.45, 2.75) is 51.5 Å². The van der Waals surface area contributed by atoms with Crippen molar-refractivity contribution in [3.63, 3.8) is 0 Å². The van der Waals surface area contributed by atoms with Gasteiger partial charge in [-0.25, -0.2) is 17.5 Å². The van der Waals surface area contributed by atoms with E-state index in [1.54, 1.807) is 12.1 Å². The number of nitrogens with one attached hydrogen (secondary N) is 2. The standard InChI is InChI=1S/C26H28FN3O2S/c1-16-14-17(2)26(18(3)15-16)33(31,32)30-19(4)8-9-20-6-5-7-23-24(20)28-29-25(23)21-10-12-22(27)13-11-21/h5-7,10-15,19,30H,8-9H2,1-4H3,(H,28,29)/t19-/m0/s1. The molecular weight excluding hydrogens is 437 g/mol. The smallest absolute Gasteiger partial charge is 0.241 e. The van der Waals surface area contributed by atoms with Gasteiger partial charge < -0.3 is 0 Å². The highest BCUT2D eigenvalue weighted by molar-refractivity contribution is 7.89. The number of aromatic amines is 1. The maximum atomic E-state index is 13.3. The minimum absolute atomic E-state index is 0.246. The molecular formula is C26H28FN3O2S. The molecule has 1 aromatic heterocycles. The van der Waals surface area contributed by atoms with Gasteiger partial charge in [0.25, 0.3) is 0 Å². The van der Waals surface area contributed by atoms with Crippen LogP contribution in [0.5, 0.6) is 0 Å². The van der Waals surface area contributed by atoms with Crippen molar-refractivity contribution in [1.29, 1.82) is 0 Å². The van der Waals surface area contributed by atoms with Crippen LogP contribution in [0.2, 0.25) is 0 Å². The highest BCUT2D eigenvalue weighted by Crippen LogP contribution is 2.29. The number of H-pyrrole nitrogens is 1. The molecule has 172 valence electrons. The highest BCUT2D eigenvalue weighted by atomic mass is 32.2. The van der Waals surface area contributed by atoms with Gasteiger partial charge in [0.1, 0.15) is 5.82 Å². The van der Waals surface area contributed by atoms with E-state index in [-0.39, 0.29) is 11.9 Å². The Balaban J connectivity index is 1.51. The highest BCUT2D eigenvalue weighted by Gasteiger charge is 2.22. The first-order chi connectivity index (χ1) is 15.7. The fourth-order valence-corrected chi connectivity index (χ4v) is 6.21. The van der Waals surface area contributed by atoms with Crippen LogP contribution in [0.25, 0.3) is 22.2 Å². The number of hydrogen-bond acceptors (Lipinski definition) is 3. The molecule has 0 fully saturated rings. The second-order valence-corrected chi connectivity index (χ2v) is 10.4. The quantitative estimate of drug-likeness (QED) is 0.373. The van der Waals surface area contributed by atoms with Crippen molar-refractivity contribution in [3.8, 4) is 11.3 Å². The number of para-hydroxylation sites is 1. The molecule has 0 bridgehead atoms. The summed E-state index contributed by atoms with van der Waals surface area (Å²) in [5.41, 5.74) is 6.13. The van der Waals surface area contributed by atoms with E-state index in [4.69, 9.17) is 0 Å². The molecule has 0 aliphatic rings. The van der Waals surface area contributed by atoms with Crippen LogP contribution in [0.3, 0.4) is 0 Å². The zero-order chi connectivity index (χ0) is 23.8. The first-order valence-electron chi connectivity index (χ1n) is 11.0. The molecule has 0 radical (unpaired) electrons. The summed E-state index contributed by atoms with van der Waals surface area (Å²) >= 11 is 0. The second-order valence-electron chi connectivity index (χ2n) is 8.71. The number of aryl methyl sites for hydroxylation is 4. The van der Waals surface area contributed by atoms with Gasteiger partial charge in [-0.3, -0.25) is 5.10 Å². The van der Waals surface area contributed by atoms with E-state index >= 15 is 0 Å². The van der Waals surface area contributed by atoms with E-state index in [9.17, 15) is 12.8 Å². The van der Waals surface area contributed by atoms with Crippen LogP contribution in [-0.4, -0.2) is 24.7 Å². The van der Waals surface area contributed by atoms with Gasteiger partial charge in [-0.15, -0.1) is 0 Å². The molecule has 0 saturated carbocycles. The number of halogens is 1. The van der Waals surface area contributed by atoms with Crippen LogP contribution in [-0.2, 0) is 16.4 Å². The zero-order valence-electron chi connectivity index (χ0n) is 19.2. The number of fused-ring (bicyclic) bond motifs is 1. The summed E-state index contributed by atoms with van der Waals surface area (Å²) in [6.07, 6.45) is 1.31. The number of benzene rings is 3. The molecule has 0 spiro atoms. The lowest BCUT2D eigenvalue weighted by Crippen LogP contribution is -2.33. The van der Waals surface area contributed by atoms with Crippen LogP contribution in [0.15, 0.2) is 59.5 Å². The Bertz CT molecular complexity index is 1390. The largest absolute Gasteiger partial charge is 0.277 e. The Morgan fingerprint density at radius 2 is 1.70 bits per heavy atom. The predicted octanol–water partition coefficient (Wildman–Crippen LogP) is 5.59. The van der Waals surface area contributed by atoms with E-state index < -0.39 is 10.0 Å². The van der Waals surface area contributed by atoms with Gasteiger partial charge in [0, 0.05) is 17.0 Å². The van der Waals surface area contributed by atoms with Crippen molar-refractivity contribution in [2.75, 3.05) is 0 Å². The number of rotatable bonds is 7. The van der Waals surface area contributed by atoms with E-state index in [1.165, 1.54) is 12.1 Å². The maximum Gasteiger partial charge on any atom is 0.241 e. The summed E-state index contributed by atoms with van der Waals surface area (Å²) in [5.74, 6) is -0.285. The third-order valence-corrected chi connectivity index (χ3v) is 7.77. The summed E-state index contributed by atoms with van der Waals surface area (Å²) in [7, 11) is -3.62. The van der Waals surface area contributed by atoms with Gasteiger partial charge in [-0.2, -0.15) is 5.10 Å². The van der Waals surface area contributed by atoms with Crippen molar-refractivity contribution in [2.24, 2.45) is 0 Å². The number of aromatic nitrogens is 2. The molecule has 0 saturated heterocycles. The molecule has 0 amide bonds. The molecule has 1 heterocycles. The molecule has 0 unspecified atom stereocenters. The second kappa shape index (κ2) is 9.08. The van der Waals surface area contributed by atoms with Crippen molar-refractivity contribution in [3.05, 3.63) is 82.7 Å². The Hall–Kier alpha value is -3.03. The van der Waals surface area contributed by atoms with E-state index in [0.29, 0.717) is 17.7 Å². The van der Waals surface area contributed by atoms with Gasteiger partial charge in [-0.05, 0) is 81.5 Å². The third kappa shape index (κ3) is 4.84. The monoisotopic (exact) mass is 465 g/mol. The van der Waals surface area contributed by atoms with Gasteiger partial charge in [-0.1, -0.05) is 35.9 Å². The first-order valence-corrected chi connectivity index (χ1v) is 12.5. The molecule has 3 aromatic carbocycles. The topological polar surface area (TPSA) is 74.8 Å². The maximum absolute atomic E-state index is 13.3. The van der Waals surface area contributed by atoms with Crippen LogP contribution in [0, 0.1) is 26.6 Å². The van der Waals surface area contributed by atoms with Crippen LogP contribution >= 0.6 is 0 Å². The molecule has 0 aliphatic heterocycles. The van der Waals surface area contributed by atoms with E-state index in [1.807, 2.05) is 58.0 Å². The van der Waals surface area contributed by atoms with Crippen LogP contribution in [0.4, 0.5) is 4.39 Å². The van der Waals surface area contributed by atoms with Crippen molar-refractivity contribution < 1.29 is 12.8 Å². The summed E-state index contributed by atoms with van der Waals surface area (Å²) in [4.78, 5) is 0.361. The Morgan fingerprint density at radius 3 is 2.36 bits per heavy atom. The molecule has 7 heteroatoms. The van der Waals surface area contributed by atoms with Gasteiger partial charge >= 0.3 is 0 Å². The molecule has 4 rings (SSSR count). The Kier molecular flexibility index (Phi) is 6.36. The normalized spacial score (nSPS) is 12.9. The van der Waals surface area contributed by atoms with E-state index in [0.717, 1.165) is 44.4 Å². The van der Waals surface area contributed by atoms with Crippen LogP contribution in [0.1, 0.15) is 35.6 Å². The Labute approximate surface area is 194 Å². The first kappa shape index (κ1) is 23.1. The molecule has 33 heavy (non-hydrogen) atoms. The fraction of sp³-hybridized carbons (Fsp3) is 0.269. The van der Waals surface area contributed by atoms with Gasteiger partial charge in [0.2, 0.25) is 10.0 Å². The number of hydrogen-bond donors (Lipinski definition) is 2. The molecule has 4 aromatic rings. The molecule has 0 aliphatic carbocycles. The average molecular weight is 466 g/mol. The summed E-state index contributed by atoms with van der Waals surface area (Å²) in [6.45, 7) is 7.51. The summed E-state index contributed by atoms with van der Waals surface area (Å²) in [6, 6.07) is 15.8. The van der Waals surface area contributed by atoms with Crippen molar-refractivity contribution >= 4 is 20.9 Å². The predicted molar refractivity (Wildman–Crippen MR) is 130 cm³/mol. The van der Waals surface area contributed by atoms with Crippen molar-refractivity contribution in [1.82, 2.24) is 14.9 Å². The SMILES string of the molecule is Cc1cc(C)c(S(=O)(=O)N[C@@H](C)CCc2cccc3c(-c4ccc(F)cc4)n[nH]c23)c(C)c1. The zero-order valence-corrected chi connectivity index (χ0v) is 20.1. The molecule has 5 nitrogen and oxygen atoms in total. The number of nitrogens with zero attached hydrogens (tertiary/aromatic N) is 1. The minimum Gasteiger partial charge on any atom is -0.277 e. The summed E-state index contributed by atoms with van der Waals surface area (Å²) in [5, 5.41) is 8.51. The summed E-state index contributed by atoms with van der Waals surface area (Å²) < 4.78 is 42.2.